The lowest BCUT2D eigenvalue weighted by molar-refractivity contribution is 0.0415. The number of nitrogens with zero attached hydrogens (tertiary/aromatic N) is 2. The van der Waals surface area contributed by atoms with Crippen LogP contribution >= 0.6 is 0 Å². The van der Waals surface area contributed by atoms with Gasteiger partial charge in [0.1, 0.15) is 0 Å². The Balaban J connectivity index is 2.26. The third-order valence-electron chi connectivity index (χ3n) is 4.14. The first-order chi connectivity index (χ1) is 9.27. The van der Waals surface area contributed by atoms with Gasteiger partial charge in [-0.3, -0.25) is 9.88 Å². The van der Waals surface area contributed by atoms with Crippen LogP contribution in [0.25, 0.3) is 0 Å². The highest BCUT2D eigenvalue weighted by atomic mass is 16.3. The third kappa shape index (κ3) is 3.32. The molecular weight excluding hydrogens is 238 g/mol. The van der Waals surface area contributed by atoms with Gasteiger partial charge in [-0.2, -0.15) is 0 Å². The topological polar surface area (TPSA) is 62.4 Å². The Labute approximate surface area is 115 Å². The van der Waals surface area contributed by atoms with Gasteiger partial charge in [0.15, 0.2) is 0 Å². The zero-order valence-electron chi connectivity index (χ0n) is 11.7. The molecule has 0 radical (unpaired) electrons. The summed E-state index contributed by atoms with van der Waals surface area (Å²) >= 11 is 0. The average Bonchev–Trinajstić information content (AvgIpc) is 2.49. The van der Waals surface area contributed by atoms with Gasteiger partial charge < -0.3 is 10.8 Å². The van der Waals surface area contributed by atoms with Crippen LogP contribution in [0.1, 0.15) is 44.2 Å². The maximum absolute atomic E-state index is 9.61. The van der Waals surface area contributed by atoms with Gasteiger partial charge in [-0.15, -0.1) is 0 Å². The number of pyridine rings is 1. The van der Waals surface area contributed by atoms with E-state index in [-0.39, 0.29) is 24.7 Å². The summed E-state index contributed by atoms with van der Waals surface area (Å²) < 4.78 is 0. The molecule has 0 aromatic carbocycles. The van der Waals surface area contributed by atoms with E-state index >= 15 is 0 Å². The molecule has 0 bridgehead atoms. The first-order valence-corrected chi connectivity index (χ1v) is 7.30. The fourth-order valence-electron chi connectivity index (χ4n) is 3.04. The molecule has 19 heavy (non-hydrogen) atoms. The summed E-state index contributed by atoms with van der Waals surface area (Å²) in [5, 5.41) is 9.61. The van der Waals surface area contributed by atoms with Gasteiger partial charge in [0, 0.05) is 24.5 Å². The Bertz CT molecular complexity index is 371. The van der Waals surface area contributed by atoms with Crippen LogP contribution in [0.2, 0.25) is 0 Å². The summed E-state index contributed by atoms with van der Waals surface area (Å²) in [6.45, 7) is 3.34. The zero-order valence-corrected chi connectivity index (χ0v) is 11.7. The molecule has 0 saturated carbocycles. The summed E-state index contributed by atoms with van der Waals surface area (Å²) in [5.41, 5.74) is 7.51. The molecule has 3 unspecified atom stereocenters. The molecule has 1 aromatic rings. The number of aliphatic hydroxyl groups is 1. The van der Waals surface area contributed by atoms with Gasteiger partial charge in [-0.05, 0) is 37.4 Å². The Morgan fingerprint density at radius 2 is 2.37 bits per heavy atom. The monoisotopic (exact) mass is 263 g/mol. The van der Waals surface area contributed by atoms with Gasteiger partial charge >= 0.3 is 0 Å². The highest BCUT2D eigenvalue weighted by Crippen LogP contribution is 2.31. The smallest absolute Gasteiger partial charge is 0.0587 e. The second-order valence-corrected chi connectivity index (χ2v) is 5.37. The maximum atomic E-state index is 9.61. The molecule has 106 valence electrons. The second-order valence-electron chi connectivity index (χ2n) is 5.37. The van der Waals surface area contributed by atoms with Crippen molar-refractivity contribution in [3.05, 3.63) is 30.1 Å². The van der Waals surface area contributed by atoms with E-state index < -0.39 is 0 Å². The Kier molecular flexibility index (Phi) is 5.31. The molecule has 1 saturated heterocycles. The lowest BCUT2D eigenvalue weighted by Crippen LogP contribution is -2.49. The van der Waals surface area contributed by atoms with Crippen molar-refractivity contribution in [3.8, 4) is 0 Å². The van der Waals surface area contributed by atoms with Gasteiger partial charge in [0.2, 0.25) is 0 Å². The molecule has 2 rings (SSSR count). The zero-order chi connectivity index (χ0) is 13.7. The van der Waals surface area contributed by atoms with E-state index in [0.717, 1.165) is 24.9 Å². The van der Waals surface area contributed by atoms with E-state index in [9.17, 15) is 5.11 Å². The largest absolute Gasteiger partial charge is 0.395 e. The van der Waals surface area contributed by atoms with Crippen LogP contribution in [0, 0.1) is 0 Å². The number of aromatic nitrogens is 1. The van der Waals surface area contributed by atoms with Crippen molar-refractivity contribution in [1.29, 1.82) is 0 Å². The number of rotatable bonds is 5. The predicted molar refractivity (Wildman–Crippen MR) is 76.7 cm³/mol. The standard InChI is InChI=1S/C15H25N3O/c1-2-14(16)15(12-6-5-8-17-10-12)18-9-4-3-7-13(18)11-19/h5-6,8,10,13-15,19H,2-4,7,9,11,16H2,1H3. The predicted octanol–water partition coefficient (Wildman–Crippen LogP) is 1.71. The van der Waals surface area contributed by atoms with Crippen molar-refractivity contribution in [2.75, 3.05) is 13.2 Å². The van der Waals surface area contributed by atoms with Crippen LogP contribution in [-0.2, 0) is 0 Å². The highest BCUT2D eigenvalue weighted by molar-refractivity contribution is 5.17. The minimum absolute atomic E-state index is 0.0800. The fraction of sp³-hybridized carbons (Fsp3) is 0.667. The highest BCUT2D eigenvalue weighted by Gasteiger charge is 2.32. The first-order valence-electron chi connectivity index (χ1n) is 7.30. The molecule has 4 nitrogen and oxygen atoms in total. The molecule has 0 spiro atoms. The SMILES string of the molecule is CCC(N)C(c1cccnc1)N1CCCCC1CO. The van der Waals surface area contributed by atoms with Crippen molar-refractivity contribution >= 4 is 0 Å². The van der Waals surface area contributed by atoms with Gasteiger partial charge in [-0.1, -0.05) is 19.4 Å². The second kappa shape index (κ2) is 6.98. The van der Waals surface area contributed by atoms with E-state index in [1.54, 1.807) is 6.20 Å². The van der Waals surface area contributed by atoms with Crippen LogP contribution in [0.5, 0.6) is 0 Å². The lowest BCUT2D eigenvalue weighted by atomic mass is 9.92. The van der Waals surface area contributed by atoms with E-state index in [0.29, 0.717) is 0 Å². The first kappa shape index (κ1) is 14.4. The van der Waals surface area contributed by atoms with E-state index in [2.05, 4.69) is 22.9 Å². The quantitative estimate of drug-likeness (QED) is 0.849. The molecule has 0 amide bonds. The number of likely N-dealkylation sites (tertiary alicyclic amines) is 1. The van der Waals surface area contributed by atoms with Gasteiger partial charge in [-0.25, -0.2) is 0 Å². The molecule has 1 aliphatic rings. The molecule has 4 heteroatoms. The molecule has 1 aliphatic heterocycles. The van der Waals surface area contributed by atoms with Crippen molar-refractivity contribution < 1.29 is 5.11 Å². The van der Waals surface area contributed by atoms with E-state index in [1.165, 1.54) is 12.8 Å². The third-order valence-corrected chi connectivity index (χ3v) is 4.14. The summed E-state index contributed by atoms with van der Waals surface area (Å²) in [6, 6.07) is 4.53. The molecule has 0 aliphatic carbocycles. The van der Waals surface area contributed by atoms with Gasteiger partial charge in [0.25, 0.3) is 0 Å². The van der Waals surface area contributed by atoms with Crippen LogP contribution in [0.15, 0.2) is 24.5 Å². The molecule has 3 atom stereocenters. The van der Waals surface area contributed by atoms with Gasteiger partial charge in [0.05, 0.1) is 12.6 Å². The summed E-state index contributed by atoms with van der Waals surface area (Å²) in [7, 11) is 0. The number of piperidine rings is 1. The molecule has 2 heterocycles. The Hall–Kier alpha value is -0.970. The van der Waals surface area contributed by atoms with Crippen molar-refractivity contribution in [1.82, 2.24) is 9.88 Å². The molecule has 1 aromatic heterocycles. The minimum atomic E-state index is 0.0800. The fourth-order valence-corrected chi connectivity index (χ4v) is 3.04. The van der Waals surface area contributed by atoms with Crippen LogP contribution in [-0.4, -0.2) is 40.2 Å². The Morgan fingerprint density at radius 1 is 1.53 bits per heavy atom. The lowest BCUT2D eigenvalue weighted by Gasteiger charge is -2.42. The molecule has 3 N–H and O–H groups in total. The van der Waals surface area contributed by atoms with Crippen LogP contribution < -0.4 is 5.73 Å². The van der Waals surface area contributed by atoms with Crippen molar-refractivity contribution in [3.63, 3.8) is 0 Å². The number of nitrogens with two attached hydrogens (primary N) is 1. The average molecular weight is 263 g/mol. The molecular formula is C15H25N3O. The van der Waals surface area contributed by atoms with Crippen LogP contribution in [0.4, 0.5) is 0 Å². The maximum Gasteiger partial charge on any atom is 0.0587 e. The number of hydrogen-bond acceptors (Lipinski definition) is 4. The summed E-state index contributed by atoms with van der Waals surface area (Å²) in [5.74, 6) is 0. The molecule has 1 fully saturated rings. The Morgan fingerprint density at radius 3 is 3.00 bits per heavy atom. The van der Waals surface area contributed by atoms with Crippen molar-refractivity contribution in [2.24, 2.45) is 5.73 Å². The summed E-state index contributed by atoms with van der Waals surface area (Å²) in [6.07, 6.45) is 8.06. The van der Waals surface area contributed by atoms with Crippen LogP contribution in [0.3, 0.4) is 0 Å². The van der Waals surface area contributed by atoms with E-state index in [4.69, 9.17) is 5.73 Å². The normalized spacial score (nSPS) is 24.1. The van der Waals surface area contributed by atoms with Crippen molar-refractivity contribution in [2.45, 2.75) is 50.7 Å². The minimum Gasteiger partial charge on any atom is -0.395 e. The summed E-state index contributed by atoms with van der Waals surface area (Å²) in [4.78, 5) is 6.61. The number of hydrogen-bond donors (Lipinski definition) is 2. The van der Waals surface area contributed by atoms with E-state index in [1.807, 2.05) is 12.3 Å². The number of aliphatic hydroxyl groups excluding tert-OH is 1.